The van der Waals surface area contributed by atoms with Crippen molar-refractivity contribution in [3.05, 3.63) is 18.0 Å². The standard InChI is InChI=1S/C20H27N3O5/c1-13-7-9-23(10-8-13)18(24)6-5-17-21-20(22-28-17)14-11-15(25-2)19(27-4)16(12-14)26-3/h11-13H,5-10H2,1-4H3. The van der Waals surface area contributed by atoms with Gasteiger partial charge in [-0.1, -0.05) is 12.1 Å². The highest BCUT2D eigenvalue weighted by atomic mass is 16.5. The van der Waals surface area contributed by atoms with Crippen LogP contribution in [0.1, 0.15) is 32.1 Å². The summed E-state index contributed by atoms with van der Waals surface area (Å²) in [4.78, 5) is 18.7. The minimum absolute atomic E-state index is 0.138. The topological polar surface area (TPSA) is 86.9 Å². The predicted molar refractivity (Wildman–Crippen MR) is 103 cm³/mol. The molecule has 0 bridgehead atoms. The maximum absolute atomic E-state index is 12.4. The third-order valence-electron chi connectivity index (χ3n) is 5.08. The molecule has 1 aliphatic rings. The number of nitrogens with zero attached hydrogens (tertiary/aromatic N) is 3. The molecule has 3 rings (SSSR count). The van der Waals surface area contributed by atoms with Crippen LogP contribution in [-0.4, -0.2) is 55.4 Å². The second-order valence-electron chi connectivity index (χ2n) is 6.99. The van der Waals surface area contributed by atoms with Gasteiger partial charge < -0.3 is 23.6 Å². The van der Waals surface area contributed by atoms with Gasteiger partial charge in [0.05, 0.1) is 21.3 Å². The first-order valence-corrected chi connectivity index (χ1v) is 9.46. The summed E-state index contributed by atoms with van der Waals surface area (Å²) in [7, 11) is 4.65. The number of benzene rings is 1. The maximum atomic E-state index is 12.4. The average Bonchev–Trinajstić information content (AvgIpc) is 3.20. The van der Waals surface area contributed by atoms with E-state index in [0.29, 0.717) is 53.3 Å². The Balaban J connectivity index is 1.68. The number of hydrogen-bond donors (Lipinski definition) is 0. The maximum Gasteiger partial charge on any atom is 0.227 e. The van der Waals surface area contributed by atoms with Crippen molar-refractivity contribution < 1.29 is 23.5 Å². The van der Waals surface area contributed by atoms with Gasteiger partial charge in [0.15, 0.2) is 11.5 Å². The largest absolute Gasteiger partial charge is 0.493 e. The molecule has 0 aliphatic carbocycles. The van der Waals surface area contributed by atoms with Gasteiger partial charge in [0.25, 0.3) is 0 Å². The Hall–Kier alpha value is -2.77. The molecule has 0 saturated carbocycles. The summed E-state index contributed by atoms with van der Waals surface area (Å²) in [6, 6.07) is 3.52. The smallest absolute Gasteiger partial charge is 0.227 e. The summed E-state index contributed by atoms with van der Waals surface area (Å²) >= 11 is 0. The van der Waals surface area contributed by atoms with Gasteiger partial charge in [0, 0.05) is 31.5 Å². The van der Waals surface area contributed by atoms with Crippen molar-refractivity contribution >= 4 is 5.91 Å². The lowest BCUT2D eigenvalue weighted by atomic mass is 9.99. The third kappa shape index (κ3) is 4.37. The normalized spacial score (nSPS) is 14.8. The molecule has 1 aromatic heterocycles. The van der Waals surface area contributed by atoms with Gasteiger partial charge in [-0.15, -0.1) is 0 Å². The molecule has 8 nitrogen and oxygen atoms in total. The number of aromatic nitrogens is 2. The van der Waals surface area contributed by atoms with Crippen LogP contribution >= 0.6 is 0 Å². The van der Waals surface area contributed by atoms with Crippen LogP contribution in [0.5, 0.6) is 17.2 Å². The Morgan fingerprint density at radius 2 is 1.79 bits per heavy atom. The Labute approximate surface area is 164 Å². The summed E-state index contributed by atoms with van der Waals surface area (Å²) in [6.07, 6.45) is 2.92. The van der Waals surface area contributed by atoms with Crippen LogP contribution < -0.4 is 14.2 Å². The van der Waals surface area contributed by atoms with E-state index in [1.165, 1.54) is 0 Å². The van der Waals surface area contributed by atoms with Crippen LogP contribution in [-0.2, 0) is 11.2 Å². The average molecular weight is 389 g/mol. The number of aryl methyl sites for hydroxylation is 1. The number of carbonyl (C=O) groups is 1. The quantitative estimate of drug-likeness (QED) is 0.719. The zero-order chi connectivity index (χ0) is 20.1. The highest BCUT2D eigenvalue weighted by Crippen LogP contribution is 2.40. The van der Waals surface area contributed by atoms with Gasteiger partial charge >= 0.3 is 0 Å². The van der Waals surface area contributed by atoms with Crippen molar-refractivity contribution in [3.8, 4) is 28.6 Å². The van der Waals surface area contributed by atoms with E-state index in [1.54, 1.807) is 33.5 Å². The molecule has 1 saturated heterocycles. The monoisotopic (exact) mass is 389 g/mol. The van der Waals surface area contributed by atoms with Gasteiger partial charge in [-0.05, 0) is 30.9 Å². The molecular weight excluding hydrogens is 362 g/mol. The highest BCUT2D eigenvalue weighted by molar-refractivity contribution is 5.76. The van der Waals surface area contributed by atoms with Crippen LogP contribution in [0.4, 0.5) is 0 Å². The van der Waals surface area contributed by atoms with Crippen molar-refractivity contribution in [2.24, 2.45) is 5.92 Å². The molecule has 2 aromatic rings. The molecule has 1 aliphatic heterocycles. The molecule has 1 amide bonds. The van der Waals surface area contributed by atoms with Crippen molar-refractivity contribution in [2.75, 3.05) is 34.4 Å². The van der Waals surface area contributed by atoms with E-state index in [4.69, 9.17) is 18.7 Å². The molecule has 0 atom stereocenters. The Morgan fingerprint density at radius 1 is 1.14 bits per heavy atom. The van der Waals surface area contributed by atoms with Crippen molar-refractivity contribution in [3.63, 3.8) is 0 Å². The lowest BCUT2D eigenvalue weighted by molar-refractivity contribution is -0.132. The zero-order valence-corrected chi connectivity index (χ0v) is 16.9. The molecule has 8 heteroatoms. The number of amides is 1. The van der Waals surface area contributed by atoms with E-state index in [-0.39, 0.29) is 5.91 Å². The summed E-state index contributed by atoms with van der Waals surface area (Å²) in [5.41, 5.74) is 0.681. The molecule has 0 radical (unpaired) electrons. The molecule has 0 unspecified atom stereocenters. The van der Waals surface area contributed by atoms with Gasteiger partial charge in [-0.3, -0.25) is 4.79 Å². The van der Waals surface area contributed by atoms with E-state index in [0.717, 1.165) is 25.9 Å². The fraction of sp³-hybridized carbons (Fsp3) is 0.550. The van der Waals surface area contributed by atoms with Crippen LogP contribution in [0, 0.1) is 5.92 Å². The second kappa shape index (κ2) is 8.95. The minimum atomic E-state index is 0.138. The summed E-state index contributed by atoms with van der Waals surface area (Å²) in [5.74, 6) is 3.20. The first-order valence-electron chi connectivity index (χ1n) is 9.46. The van der Waals surface area contributed by atoms with E-state index in [1.807, 2.05) is 4.90 Å². The Kier molecular flexibility index (Phi) is 6.38. The molecule has 1 aromatic carbocycles. The molecule has 152 valence electrons. The number of hydrogen-bond acceptors (Lipinski definition) is 7. The number of carbonyl (C=O) groups excluding carboxylic acids is 1. The van der Waals surface area contributed by atoms with Crippen LogP contribution in [0.3, 0.4) is 0 Å². The number of methoxy groups -OCH3 is 3. The van der Waals surface area contributed by atoms with E-state index >= 15 is 0 Å². The molecule has 0 spiro atoms. The number of piperidine rings is 1. The molecule has 1 fully saturated rings. The Bertz CT molecular complexity index is 787. The van der Waals surface area contributed by atoms with Gasteiger partial charge in [-0.2, -0.15) is 4.98 Å². The fourth-order valence-electron chi connectivity index (χ4n) is 3.31. The van der Waals surface area contributed by atoms with Crippen LogP contribution in [0.15, 0.2) is 16.7 Å². The summed E-state index contributed by atoms with van der Waals surface area (Å²) < 4.78 is 21.4. The lowest BCUT2D eigenvalue weighted by Crippen LogP contribution is -2.38. The molecule has 2 heterocycles. The fourth-order valence-corrected chi connectivity index (χ4v) is 3.31. The first kappa shape index (κ1) is 20.0. The Morgan fingerprint density at radius 3 is 2.36 bits per heavy atom. The second-order valence-corrected chi connectivity index (χ2v) is 6.99. The summed E-state index contributed by atoms with van der Waals surface area (Å²) in [6.45, 7) is 3.89. The summed E-state index contributed by atoms with van der Waals surface area (Å²) in [5, 5.41) is 4.03. The molecular formula is C20H27N3O5. The highest BCUT2D eigenvalue weighted by Gasteiger charge is 2.21. The van der Waals surface area contributed by atoms with Crippen LogP contribution in [0.2, 0.25) is 0 Å². The van der Waals surface area contributed by atoms with Gasteiger partial charge in [0.2, 0.25) is 23.4 Å². The minimum Gasteiger partial charge on any atom is -0.493 e. The third-order valence-corrected chi connectivity index (χ3v) is 5.08. The van der Waals surface area contributed by atoms with Gasteiger partial charge in [-0.25, -0.2) is 0 Å². The number of rotatable bonds is 7. The van der Waals surface area contributed by atoms with Crippen molar-refractivity contribution in [1.82, 2.24) is 15.0 Å². The molecule has 28 heavy (non-hydrogen) atoms. The van der Waals surface area contributed by atoms with Crippen molar-refractivity contribution in [2.45, 2.75) is 32.6 Å². The van der Waals surface area contributed by atoms with E-state index in [2.05, 4.69) is 17.1 Å². The number of likely N-dealkylation sites (tertiary alicyclic amines) is 1. The lowest BCUT2D eigenvalue weighted by Gasteiger charge is -2.30. The van der Waals surface area contributed by atoms with Crippen LogP contribution in [0.25, 0.3) is 11.4 Å². The first-order chi connectivity index (χ1) is 13.5. The predicted octanol–water partition coefficient (Wildman–Crippen LogP) is 2.95. The van der Waals surface area contributed by atoms with Crippen molar-refractivity contribution in [1.29, 1.82) is 0 Å². The van der Waals surface area contributed by atoms with Gasteiger partial charge in [0.1, 0.15) is 0 Å². The SMILES string of the molecule is COc1cc(-c2noc(CCC(=O)N3CCC(C)CC3)n2)cc(OC)c1OC. The zero-order valence-electron chi connectivity index (χ0n) is 16.9. The van der Waals surface area contributed by atoms with E-state index in [9.17, 15) is 4.79 Å². The number of ether oxygens (including phenoxy) is 3. The van der Waals surface area contributed by atoms with E-state index < -0.39 is 0 Å². The molecule has 0 N–H and O–H groups in total.